The summed E-state index contributed by atoms with van der Waals surface area (Å²) < 4.78 is 0. The molecule has 1 atom stereocenters. The van der Waals surface area contributed by atoms with E-state index in [1.54, 1.807) is 13.1 Å². The summed E-state index contributed by atoms with van der Waals surface area (Å²) >= 11 is 0. The number of nitrogens with zero attached hydrogens (tertiary/aromatic N) is 2. The second-order valence-corrected chi connectivity index (χ2v) is 7.18. The number of fused-ring (bicyclic) bond motifs is 1. The third kappa shape index (κ3) is 5.04. The standard InChI is InChI=1S/C21H27N3O2/c1-16(25)23-10-6-17-3-2-11-24(12-8-17)21(26)14-18-4-5-20-15-22-9-7-19(20)13-18/h4-5,7,9,13,15,17H,2-3,6,8,10-12,14H2,1H3,(H,23,25). The lowest BCUT2D eigenvalue weighted by Crippen LogP contribution is -2.33. The fraction of sp³-hybridized carbons (Fsp3) is 0.476. The van der Waals surface area contributed by atoms with Crippen molar-refractivity contribution in [3.63, 3.8) is 0 Å². The summed E-state index contributed by atoms with van der Waals surface area (Å²) in [4.78, 5) is 29.8. The zero-order valence-electron chi connectivity index (χ0n) is 15.4. The molecule has 0 spiro atoms. The number of rotatable bonds is 5. The van der Waals surface area contributed by atoms with Gasteiger partial charge < -0.3 is 10.2 Å². The van der Waals surface area contributed by atoms with Gasteiger partial charge in [-0.05, 0) is 48.6 Å². The van der Waals surface area contributed by atoms with E-state index in [0.717, 1.165) is 61.7 Å². The van der Waals surface area contributed by atoms with Crippen molar-refractivity contribution in [2.24, 2.45) is 5.92 Å². The van der Waals surface area contributed by atoms with Gasteiger partial charge in [0.25, 0.3) is 0 Å². The topological polar surface area (TPSA) is 62.3 Å². The van der Waals surface area contributed by atoms with Gasteiger partial charge in [-0.2, -0.15) is 0 Å². The molecule has 1 fully saturated rings. The fourth-order valence-electron chi connectivity index (χ4n) is 3.68. The Labute approximate surface area is 154 Å². The number of pyridine rings is 1. The number of hydrogen-bond donors (Lipinski definition) is 1. The molecule has 0 radical (unpaired) electrons. The van der Waals surface area contributed by atoms with E-state index in [4.69, 9.17) is 0 Å². The SMILES string of the molecule is CC(=O)NCCC1CCCN(C(=O)Cc2ccc3cnccc3c2)CC1. The molecule has 1 aliphatic rings. The molecule has 0 bridgehead atoms. The Morgan fingerprint density at radius 1 is 1.19 bits per heavy atom. The molecule has 5 nitrogen and oxygen atoms in total. The van der Waals surface area contributed by atoms with Gasteiger partial charge in [-0.3, -0.25) is 14.6 Å². The number of carbonyl (C=O) groups excluding carboxylic acids is 2. The van der Waals surface area contributed by atoms with Crippen LogP contribution in [0.3, 0.4) is 0 Å². The molecule has 2 amide bonds. The smallest absolute Gasteiger partial charge is 0.226 e. The van der Waals surface area contributed by atoms with Crippen molar-refractivity contribution >= 4 is 22.6 Å². The van der Waals surface area contributed by atoms with Crippen molar-refractivity contribution in [2.45, 2.75) is 39.0 Å². The van der Waals surface area contributed by atoms with Crippen molar-refractivity contribution < 1.29 is 9.59 Å². The number of nitrogens with one attached hydrogen (secondary N) is 1. The predicted molar refractivity (Wildman–Crippen MR) is 103 cm³/mol. The van der Waals surface area contributed by atoms with Crippen LogP contribution in [0.25, 0.3) is 10.8 Å². The first-order valence-corrected chi connectivity index (χ1v) is 9.46. The van der Waals surface area contributed by atoms with Gasteiger partial charge >= 0.3 is 0 Å². The summed E-state index contributed by atoms with van der Waals surface area (Å²) in [7, 11) is 0. The minimum Gasteiger partial charge on any atom is -0.356 e. The van der Waals surface area contributed by atoms with Gasteiger partial charge in [0.05, 0.1) is 6.42 Å². The summed E-state index contributed by atoms with van der Waals surface area (Å²) in [5.41, 5.74) is 1.06. The number of aromatic nitrogens is 1. The molecule has 3 rings (SSSR count). The van der Waals surface area contributed by atoms with E-state index < -0.39 is 0 Å². The zero-order chi connectivity index (χ0) is 18.4. The van der Waals surface area contributed by atoms with Gasteiger partial charge in [0.15, 0.2) is 0 Å². The van der Waals surface area contributed by atoms with E-state index in [0.29, 0.717) is 12.3 Å². The fourth-order valence-corrected chi connectivity index (χ4v) is 3.68. The van der Waals surface area contributed by atoms with Crippen molar-refractivity contribution in [1.82, 2.24) is 15.2 Å². The maximum Gasteiger partial charge on any atom is 0.226 e. The Hall–Kier alpha value is -2.43. The van der Waals surface area contributed by atoms with Crippen LogP contribution in [0.1, 0.15) is 38.2 Å². The molecular weight excluding hydrogens is 326 g/mol. The summed E-state index contributed by atoms with van der Waals surface area (Å²) in [5, 5.41) is 5.09. The third-order valence-electron chi connectivity index (χ3n) is 5.19. The molecule has 1 aliphatic heterocycles. The molecular formula is C21H27N3O2. The van der Waals surface area contributed by atoms with E-state index in [1.165, 1.54) is 0 Å². The van der Waals surface area contributed by atoms with Crippen LogP contribution >= 0.6 is 0 Å². The van der Waals surface area contributed by atoms with Gasteiger partial charge in [-0.25, -0.2) is 0 Å². The van der Waals surface area contributed by atoms with E-state index in [-0.39, 0.29) is 11.8 Å². The Morgan fingerprint density at radius 3 is 2.92 bits per heavy atom. The van der Waals surface area contributed by atoms with Crippen LogP contribution in [0.4, 0.5) is 0 Å². The molecule has 1 aromatic heterocycles. The van der Waals surface area contributed by atoms with Crippen molar-refractivity contribution in [3.05, 3.63) is 42.2 Å². The van der Waals surface area contributed by atoms with Crippen molar-refractivity contribution in [1.29, 1.82) is 0 Å². The van der Waals surface area contributed by atoms with E-state index in [2.05, 4.69) is 16.4 Å². The average Bonchev–Trinajstić information content (AvgIpc) is 2.87. The Balaban J connectivity index is 1.53. The number of amides is 2. The van der Waals surface area contributed by atoms with Gasteiger partial charge in [0.1, 0.15) is 0 Å². The van der Waals surface area contributed by atoms with E-state index >= 15 is 0 Å². The lowest BCUT2D eigenvalue weighted by molar-refractivity contribution is -0.130. The van der Waals surface area contributed by atoms with Crippen LogP contribution < -0.4 is 5.32 Å². The molecule has 0 aliphatic carbocycles. The van der Waals surface area contributed by atoms with Gasteiger partial charge in [-0.15, -0.1) is 0 Å². The third-order valence-corrected chi connectivity index (χ3v) is 5.19. The van der Waals surface area contributed by atoms with Gasteiger partial charge in [-0.1, -0.05) is 18.2 Å². The highest BCUT2D eigenvalue weighted by Crippen LogP contribution is 2.21. The van der Waals surface area contributed by atoms with Gasteiger partial charge in [0.2, 0.25) is 11.8 Å². The second-order valence-electron chi connectivity index (χ2n) is 7.18. The molecule has 26 heavy (non-hydrogen) atoms. The van der Waals surface area contributed by atoms with Crippen LogP contribution in [0, 0.1) is 5.92 Å². The first-order valence-electron chi connectivity index (χ1n) is 9.46. The second kappa shape index (κ2) is 8.79. The van der Waals surface area contributed by atoms with Crippen LogP contribution in [-0.2, 0) is 16.0 Å². The molecule has 0 saturated carbocycles. The molecule has 2 heterocycles. The van der Waals surface area contributed by atoms with Crippen molar-refractivity contribution in [2.75, 3.05) is 19.6 Å². The Bertz CT molecular complexity index is 775. The molecule has 5 heteroatoms. The number of likely N-dealkylation sites (tertiary alicyclic amines) is 1. The lowest BCUT2D eigenvalue weighted by Gasteiger charge is -2.21. The summed E-state index contributed by atoms with van der Waals surface area (Å²) in [6.07, 6.45) is 8.27. The van der Waals surface area contributed by atoms with Gasteiger partial charge in [0, 0.05) is 44.3 Å². The summed E-state index contributed by atoms with van der Waals surface area (Å²) in [5.74, 6) is 0.829. The van der Waals surface area contributed by atoms with Crippen LogP contribution in [0.15, 0.2) is 36.7 Å². The Kier molecular flexibility index (Phi) is 6.21. The zero-order valence-corrected chi connectivity index (χ0v) is 15.4. The highest BCUT2D eigenvalue weighted by Gasteiger charge is 2.20. The normalized spacial score (nSPS) is 17.7. The summed E-state index contributed by atoms with van der Waals surface area (Å²) in [6, 6.07) is 8.12. The largest absolute Gasteiger partial charge is 0.356 e. The van der Waals surface area contributed by atoms with Crippen LogP contribution in [-0.4, -0.2) is 41.3 Å². The number of benzene rings is 1. The Morgan fingerprint density at radius 2 is 2.08 bits per heavy atom. The first-order chi connectivity index (χ1) is 12.6. The molecule has 1 unspecified atom stereocenters. The average molecular weight is 353 g/mol. The molecule has 1 saturated heterocycles. The maximum atomic E-state index is 12.7. The van der Waals surface area contributed by atoms with E-state index in [1.807, 2.05) is 29.3 Å². The van der Waals surface area contributed by atoms with Crippen molar-refractivity contribution in [3.8, 4) is 0 Å². The molecule has 2 aromatic rings. The van der Waals surface area contributed by atoms with Crippen LogP contribution in [0.5, 0.6) is 0 Å². The summed E-state index contributed by atoms with van der Waals surface area (Å²) in [6.45, 7) is 3.95. The quantitative estimate of drug-likeness (QED) is 0.899. The monoisotopic (exact) mass is 353 g/mol. The molecule has 1 N–H and O–H groups in total. The van der Waals surface area contributed by atoms with Crippen LogP contribution in [0.2, 0.25) is 0 Å². The lowest BCUT2D eigenvalue weighted by atomic mass is 9.97. The minimum atomic E-state index is 0.0293. The molecule has 1 aromatic carbocycles. The number of hydrogen-bond acceptors (Lipinski definition) is 3. The predicted octanol–water partition coefficient (Wildman–Crippen LogP) is 2.93. The van der Waals surface area contributed by atoms with E-state index in [9.17, 15) is 9.59 Å². The molecule has 138 valence electrons. The highest BCUT2D eigenvalue weighted by atomic mass is 16.2. The highest BCUT2D eigenvalue weighted by molar-refractivity contribution is 5.84. The maximum absolute atomic E-state index is 12.7. The minimum absolute atomic E-state index is 0.0293. The first kappa shape index (κ1) is 18.4. The number of carbonyl (C=O) groups is 2.